The first-order valence-corrected chi connectivity index (χ1v) is 9.23. The molecule has 2 aromatic carbocycles. The number of methoxy groups -OCH3 is 1. The van der Waals surface area contributed by atoms with Crippen molar-refractivity contribution in [1.82, 2.24) is 20.1 Å². The van der Waals surface area contributed by atoms with Gasteiger partial charge in [0.15, 0.2) is 5.82 Å². The molecule has 0 radical (unpaired) electrons. The lowest BCUT2D eigenvalue weighted by Crippen LogP contribution is -2.14. The average Bonchev–Trinajstić information content (AvgIpc) is 3.34. The number of halogens is 1. The van der Waals surface area contributed by atoms with E-state index in [4.69, 9.17) is 14.8 Å². The highest BCUT2D eigenvalue weighted by Crippen LogP contribution is 2.23. The Bertz CT molecular complexity index is 884. The number of ether oxygens (including phenoxy) is 1. The summed E-state index contributed by atoms with van der Waals surface area (Å²) >= 11 is 0. The van der Waals surface area contributed by atoms with Gasteiger partial charge in [0.2, 0.25) is 0 Å². The maximum atomic E-state index is 13.2. The third-order valence-corrected chi connectivity index (χ3v) is 4.94. The molecule has 1 saturated heterocycles. The van der Waals surface area contributed by atoms with Gasteiger partial charge >= 0.3 is 0 Å². The summed E-state index contributed by atoms with van der Waals surface area (Å²) in [7, 11) is 1.66. The van der Waals surface area contributed by atoms with Crippen molar-refractivity contribution in [1.29, 1.82) is 0 Å². The van der Waals surface area contributed by atoms with Crippen LogP contribution in [-0.2, 0) is 13.0 Å². The van der Waals surface area contributed by atoms with E-state index in [1.807, 2.05) is 28.9 Å². The maximum absolute atomic E-state index is 13.2. The van der Waals surface area contributed by atoms with Gasteiger partial charge in [0, 0.05) is 18.9 Å². The van der Waals surface area contributed by atoms with Gasteiger partial charge in [0.1, 0.15) is 17.4 Å². The first kappa shape index (κ1) is 17.7. The summed E-state index contributed by atoms with van der Waals surface area (Å²) in [6.07, 6.45) is 1.73. The van der Waals surface area contributed by atoms with Crippen LogP contribution >= 0.6 is 0 Å². The fourth-order valence-corrected chi connectivity index (χ4v) is 3.46. The van der Waals surface area contributed by atoms with E-state index in [0.717, 1.165) is 48.0 Å². The zero-order valence-corrected chi connectivity index (χ0v) is 15.4. The van der Waals surface area contributed by atoms with Gasteiger partial charge in [-0.2, -0.15) is 5.10 Å². The molecule has 2 heterocycles. The molecule has 0 spiro atoms. The number of nitrogens with zero attached hydrogens (tertiary/aromatic N) is 3. The quantitative estimate of drug-likeness (QED) is 0.728. The molecule has 6 heteroatoms. The second-order valence-electron chi connectivity index (χ2n) is 6.88. The van der Waals surface area contributed by atoms with Crippen molar-refractivity contribution < 1.29 is 9.13 Å². The third-order valence-electron chi connectivity index (χ3n) is 4.94. The van der Waals surface area contributed by atoms with E-state index in [2.05, 4.69) is 5.32 Å². The Morgan fingerprint density at radius 1 is 1.11 bits per heavy atom. The van der Waals surface area contributed by atoms with Crippen molar-refractivity contribution in [2.24, 2.45) is 0 Å². The van der Waals surface area contributed by atoms with Crippen molar-refractivity contribution in [3.63, 3.8) is 0 Å². The number of nitrogens with one attached hydrogen (secondary N) is 1. The number of aromatic nitrogens is 3. The first-order valence-electron chi connectivity index (χ1n) is 9.23. The predicted molar refractivity (Wildman–Crippen MR) is 102 cm³/mol. The summed E-state index contributed by atoms with van der Waals surface area (Å²) < 4.78 is 20.4. The van der Waals surface area contributed by atoms with Crippen molar-refractivity contribution in [3.05, 3.63) is 77.1 Å². The van der Waals surface area contributed by atoms with Crippen LogP contribution < -0.4 is 10.1 Å². The summed E-state index contributed by atoms with van der Waals surface area (Å²) in [4.78, 5) is 4.85. The molecule has 0 bridgehead atoms. The van der Waals surface area contributed by atoms with E-state index < -0.39 is 0 Å². The van der Waals surface area contributed by atoms with E-state index in [1.54, 1.807) is 19.2 Å². The Kier molecular flexibility index (Phi) is 5.16. The van der Waals surface area contributed by atoms with Crippen LogP contribution in [-0.4, -0.2) is 35.0 Å². The van der Waals surface area contributed by atoms with Gasteiger partial charge < -0.3 is 10.1 Å². The molecule has 0 unspecified atom stereocenters. The number of hydrogen-bond donors (Lipinski definition) is 1. The molecular formula is C21H23FN4O. The lowest BCUT2D eigenvalue weighted by atomic mass is 10.1. The van der Waals surface area contributed by atoms with E-state index in [-0.39, 0.29) is 5.82 Å². The summed E-state index contributed by atoms with van der Waals surface area (Å²) in [6, 6.07) is 14.6. The SMILES string of the molecule is COc1ccc(Cc2nc([C@H]3CCNC3)n(Cc3ccc(F)cc3)n2)cc1. The third kappa shape index (κ3) is 4.17. The summed E-state index contributed by atoms with van der Waals surface area (Å²) in [6.45, 7) is 2.52. The second kappa shape index (κ2) is 7.88. The molecule has 1 atom stereocenters. The molecule has 140 valence electrons. The van der Waals surface area contributed by atoms with E-state index in [1.165, 1.54) is 12.1 Å². The van der Waals surface area contributed by atoms with Gasteiger partial charge in [-0.3, -0.25) is 0 Å². The summed E-state index contributed by atoms with van der Waals surface area (Å²) in [5.41, 5.74) is 2.16. The molecule has 0 amide bonds. The van der Waals surface area contributed by atoms with Crippen molar-refractivity contribution >= 4 is 0 Å². The lowest BCUT2D eigenvalue weighted by Gasteiger charge is -2.10. The summed E-state index contributed by atoms with van der Waals surface area (Å²) in [5.74, 6) is 2.79. The first-order chi connectivity index (χ1) is 13.2. The average molecular weight is 366 g/mol. The van der Waals surface area contributed by atoms with Crippen LogP contribution in [0.1, 0.15) is 35.1 Å². The molecule has 1 fully saturated rings. The van der Waals surface area contributed by atoms with Gasteiger partial charge in [-0.05, 0) is 48.4 Å². The van der Waals surface area contributed by atoms with E-state index in [9.17, 15) is 4.39 Å². The highest BCUT2D eigenvalue weighted by Gasteiger charge is 2.23. The van der Waals surface area contributed by atoms with Crippen LogP contribution in [0, 0.1) is 5.82 Å². The van der Waals surface area contributed by atoms with Crippen molar-refractivity contribution in [2.75, 3.05) is 20.2 Å². The van der Waals surface area contributed by atoms with Gasteiger partial charge in [-0.1, -0.05) is 24.3 Å². The molecule has 1 N–H and O–H groups in total. The fourth-order valence-electron chi connectivity index (χ4n) is 3.46. The van der Waals surface area contributed by atoms with Crippen LogP contribution in [0.2, 0.25) is 0 Å². The summed E-state index contributed by atoms with van der Waals surface area (Å²) in [5, 5.41) is 8.16. The molecular weight excluding hydrogens is 343 g/mol. The van der Waals surface area contributed by atoms with Crippen molar-refractivity contribution in [2.45, 2.75) is 25.3 Å². The predicted octanol–water partition coefficient (Wildman–Crippen LogP) is 3.14. The molecule has 27 heavy (non-hydrogen) atoms. The molecule has 1 aromatic heterocycles. The van der Waals surface area contributed by atoms with Crippen LogP contribution in [0.3, 0.4) is 0 Å². The monoisotopic (exact) mass is 366 g/mol. The zero-order valence-electron chi connectivity index (χ0n) is 15.4. The van der Waals surface area contributed by atoms with E-state index >= 15 is 0 Å². The molecule has 0 aliphatic carbocycles. The smallest absolute Gasteiger partial charge is 0.155 e. The number of benzene rings is 2. The van der Waals surface area contributed by atoms with Gasteiger partial charge in [-0.25, -0.2) is 14.1 Å². The fraction of sp³-hybridized carbons (Fsp3) is 0.333. The Morgan fingerprint density at radius 3 is 2.52 bits per heavy atom. The van der Waals surface area contributed by atoms with Gasteiger partial charge in [-0.15, -0.1) is 0 Å². The molecule has 1 aliphatic heterocycles. The van der Waals surface area contributed by atoms with Gasteiger partial charge in [0.05, 0.1) is 13.7 Å². The number of rotatable bonds is 6. The minimum Gasteiger partial charge on any atom is -0.497 e. The highest BCUT2D eigenvalue weighted by molar-refractivity contribution is 5.29. The van der Waals surface area contributed by atoms with Gasteiger partial charge in [0.25, 0.3) is 0 Å². The highest BCUT2D eigenvalue weighted by atomic mass is 19.1. The molecule has 0 saturated carbocycles. The Morgan fingerprint density at radius 2 is 1.85 bits per heavy atom. The molecule has 4 rings (SSSR count). The Hall–Kier alpha value is -2.73. The lowest BCUT2D eigenvalue weighted by molar-refractivity contribution is 0.414. The molecule has 5 nitrogen and oxygen atoms in total. The number of hydrogen-bond acceptors (Lipinski definition) is 4. The van der Waals surface area contributed by atoms with Crippen LogP contribution in [0.4, 0.5) is 4.39 Å². The standard InChI is InChI=1S/C21H23FN4O/c1-27-19-8-4-15(5-9-19)12-20-24-21(17-10-11-23-13-17)26(25-20)14-16-2-6-18(22)7-3-16/h2-9,17,23H,10-14H2,1H3/t17-/m0/s1. The minimum absolute atomic E-state index is 0.224. The van der Waals surface area contributed by atoms with Crippen LogP contribution in [0.15, 0.2) is 48.5 Å². The maximum Gasteiger partial charge on any atom is 0.155 e. The Balaban J connectivity index is 1.59. The molecule has 1 aliphatic rings. The zero-order chi connectivity index (χ0) is 18.6. The largest absolute Gasteiger partial charge is 0.497 e. The molecule has 3 aromatic rings. The van der Waals surface area contributed by atoms with Crippen molar-refractivity contribution in [3.8, 4) is 5.75 Å². The van der Waals surface area contributed by atoms with E-state index in [0.29, 0.717) is 18.9 Å². The topological polar surface area (TPSA) is 52.0 Å². The normalized spacial score (nSPS) is 16.6. The second-order valence-corrected chi connectivity index (χ2v) is 6.88. The van der Waals surface area contributed by atoms with Crippen LogP contribution in [0.5, 0.6) is 5.75 Å². The Labute approximate surface area is 158 Å². The van der Waals surface area contributed by atoms with Crippen LogP contribution in [0.25, 0.3) is 0 Å². The minimum atomic E-state index is -0.224.